The van der Waals surface area contributed by atoms with Gasteiger partial charge in [-0.25, -0.2) is 14.5 Å². The van der Waals surface area contributed by atoms with Gasteiger partial charge >= 0.3 is 0 Å². The second kappa shape index (κ2) is 9.85. The first-order valence-corrected chi connectivity index (χ1v) is 13.0. The third-order valence-corrected chi connectivity index (χ3v) is 7.52. The van der Waals surface area contributed by atoms with Gasteiger partial charge in [-0.1, -0.05) is 24.3 Å². The molecule has 6 aromatic rings. The first-order valence-electron chi connectivity index (χ1n) is 11.3. The molecular formula is C26H22N4O5S2. The van der Waals surface area contributed by atoms with Crippen molar-refractivity contribution in [1.29, 1.82) is 0 Å². The van der Waals surface area contributed by atoms with Crippen molar-refractivity contribution in [3.63, 3.8) is 0 Å². The van der Waals surface area contributed by atoms with Gasteiger partial charge in [-0.05, 0) is 23.0 Å². The number of thiazole rings is 1. The highest BCUT2D eigenvalue weighted by Crippen LogP contribution is 2.38. The highest BCUT2D eigenvalue weighted by molar-refractivity contribution is 7.18. The van der Waals surface area contributed by atoms with E-state index in [0.29, 0.717) is 51.9 Å². The number of methoxy groups -OCH3 is 3. The van der Waals surface area contributed by atoms with Crippen molar-refractivity contribution in [1.82, 2.24) is 19.6 Å². The molecule has 0 aliphatic carbocycles. The van der Waals surface area contributed by atoms with Crippen molar-refractivity contribution in [2.75, 3.05) is 21.3 Å². The number of hydrogen-bond donors (Lipinski definition) is 0. The molecule has 2 aromatic carbocycles. The minimum absolute atomic E-state index is 0.310. The quantitative estimate of drug-likeness (QED) is 0.221. The number of benzene rings is 2. The molecule has 6 rings (SSSR count). The van der Waals surface area contributed by atoms with Crippen LogP contribution in [0, 0.1) is 0 Å². The van der Waals surface area contributed by atoms with Gasteiger partial charge in [0.2, 0.25) is 4.96 Å². The maximum atomic E-state index is 6.21. The van der Waals surface area contributed by atoms with Crippen LogP contribution < -0.4 is 14.2 Å². The van der Waals surface area contributed by atoms with Crippen molar-refractivity contribution < 1.29 is 23.4 Å². The van der Waals surface area contributed by atoms with Crippen LogP contribution in [-0.4, -0.2) is 40.9 Å². The van der Waals surface area contributed by atoms with Crippen LogP contribution in [0.2, 0.25) is 0 Å². The van der Waals surface area contributed by atoms with Gasteiger partial charge < -0.3 is 23.4 Å². The summed E-state index contributed by atoms with van der Waals surface area (Å²) in [5.41, 5.74) is 4.34. The average Bonchev–Trinajstić information content (AvgIpc) is 3.70. The van der Waals surface area contributed by atoms with Crippen LogP contribution >= 0.6 is 22.7 Å². The van der Waals surface area contributed by atoms with Gasteiger partial charge in [0.25, 0.3) is 5.19 Å². The second-order valence-electron chi connectivity index (χ2n) is 8.14. The number of aromatic nitrogens is 4. The minimum atomic E-state index is 0.310. The molecule has 11 heteroatoms. The summed E-state index contributed by atoms with van der Waals surface area (Å²) in [5.74, 6) is 1.89. The summed E-state index contributed by atoms with van der Waals surface area (Å²) in [6.07, 6.45) is 1.81. The number of furan rings is 1. The van der Waals surface area contributed by atoms with Gasteiger partial charge in [-0.2, -0.15) is 0 Å². The van der Waals surface area contributed by atoms with Crippen LogP contribution in [0.15, 0.2) is 58.5 Å². The number of imidazole rings is 1. The fourth-order valence-corrected chi connectivity index (χ4v) is 5.41. The van der Waals surface area contributed by atoms with Gasteiger partial charge in [0.15, 0.2) is 5.76 Å². The molecule has 0 saturated carbocycles. The third kappa shape index (κ3) is 4.64. The Hall–Kier alpha value is -3.93. The highest BCUT2D eigenvalue weighted by atomic mass is 32.1. The monoisotopic (exact) mass is 534 g/mol. The Morgan fingerprint density at radius 1 is 0.973 bits per heavy atom. The Morgan fingerprint density at radius 2 is 1.84 bits per heavy atom. The summed E-state index contributed by atoms with van der Waals surface area (Å²) in [6, 6.07) is 13.8. The zero-order valence-electron chi connectivity index (χ0n) is 20.3. The lowest BCUT2D eigenvalue weighted by atomic mass is 10.1. The van der Waals surface area contributed by atoms with E-state index in [0.717, 1.165) is 27.2 Å². The highest BCUT2D eigenvalue weighted by Gasteiger charge is 2.17. The Bertz CT molecular complexity index is 1650. The van der Waals surface area contributed by atoms with Crippen molar-refractivity contribution in [2.45, 2.75) is 13.2 Å². The second-order valence-corrected chi connectivity index (χ2v) is 9.91. The molecule has 0 fully saturated rings. The van der Waals surface area contributed by atoms with Gasteiger partial charge in [0, 0.05) is 30.2 Å². The molecule has 0 bridgehead atoms. The number of ether oxygens (including phenoxy) is 4. The predicted molar refractivity (Wildman–Crippen MR) is 142 cm³/mol. The zero-order chi connectivity index (χ0) is 25.4. The lowest BCUT2D eigenvalue weighted by molar-refractivity contribution is 0.185. The molecule has 0 N–H and O–H groups in total. The van der Waals surface area contributed by atoms with Gasteiger partial charge in [-0.3, -0.25) is 0 Å². The molecule has 0 aliphatic rings. The Morgan fingerprint density at radius 3 is 2.59 bits per heavy atom. The maximum Gasteiger partial charge on any atom is 0.294 e. The smallest absolute Gasteiger partial charge is 0.294 e. The lowest BCUT2D eigenvalue weighted by Gasteiger charge is -2.08. The van der Waals surface area contributed by atoms with E-state index in [1.54, 1.807) is 37.2 Å². The van der Waals surface area contributed by atoms with E-state index in [2.05, 4.69) is 34.3 Å². The summed E-state index contributed by atoms with van der Waals surface area (Å²) >= 11 is 2.94. The number of fused-ring (bicyclic) bond motifs is 2. The number of hydrogen-bond acceptors (Lipinski definition) is 10. The SMILES string of the molecule is COCc1ccc(-c2nc(COc3cc(OC)cc4oc(-c5cn6nc(OC)sc6n5)cc34)cs2)cc1. The molecule has 4 aromatic heterocycles. The van der Waals surface area contributed by atoms with Crippen molar-refractivity contribution >= 4 is 38.6 Å². The van der Waals surface area contributed by atoms with Crippen LogP contribution in [0.1, 0.15) is 11.3 Å². The van der Waals surface area contributed by atoms with Crippen LogP contribution in [-0.2, 0) is 18.0 Å². The van der Waals surface area contributed by atoms with Crippen LogP contribution in [0.3, 0.4) is 0 Å². The summed E-state index contributed by atoms with van der Waals surface area (Å²) in [7, 11) is 4.89. The molecule has 0 saturated heterocycles. The molecule has 188 valence electrons. The lowest BCUT2D eigenvalue weighted by Crippen LogP contribution is -1.97. The molecule has 0 aliphatic heterocycles. The van der Waals surface area contributed by atoms with E-state index in [9.17, 15) is 0 Å². The predicted octanol–water partition coefficient (Wildman–Crippen LogP) is 6.07. The molecule has 9 nitrogen and oxygen atoms in total. The Balaban J connectivity index is 1.25. The molecule has 4 heterocycles. The molecule has 37 heavy (non-hydrogen) atoms. The fourth-order valence-electron chi connectivity index (χ4n) is 3.90. The Labute approximate surface area is 219 Å². The average molecular weight is 535 g/mol. The molecule has 0 amide bonds. The van der Waals surface area contributed by atoms with Gasteiger partial charge in [0.1, 0.15) is 34.4 Å². The topological polar surface area (TPSA) is 93.1 Å². The van der Waals surface area contributed by atoms with Crippen LogP contribution in [0.4, 0.5) is 0 Å². The Kier molecular flexibility index (Phi) is 6.25. The van der Waals surface area contributed by atoms with E-state index < -0.39 is 0 Å². The first kappa shape index (κ1) is 23.5. The number of nitrogens with zero attached hydrogens (tertiary/aromatic N) is 4. The molecule has 0 atom stereocenters. The van der Waals surface area contributed by atoms with Crippen molar-refractivity contribution in [3.8, 4) is 38.7 Å². The van der Waals surface area contributed by atoms with Crippen LogP contribution in [0.25, 0.3) is 38.0 Å². The van der Waals surface area contributed by atoms with Crippen molar-refractivity contribution in [2.24, 2.45) is 0 Å². The van der Waals surface area contributed by atoms with Crippen LogP contribution in [0.5, 0.6) is 16.7 Å². The van der Waals surface area contributed by atoms with Crippen molar-refractivity contribution in [3.05, 3.63) is 65.3 Å². The summed E-state index contributed by atoms with van der Waals surface area (Å²) in [6.45, 7) is 0.900. The number of rotatable bonds is 9. The third-order valence-electron chi connectivity index (χ3n) is 5.70. The minimum Gasteiger partial charge on any atom is -0.496 e. The van der Waals surface area contributed by atoms with E-state index >= 15 is 0 Å². The zero-order valence-corrected chi connectivity index (χ0v) is 21.9. The maximum absolute atomic E-state index is 6.21. The molecule has 0 radical (unpaired) electrons. The summed E-state index contributed by atoms with van der Waals surface area (Å²) in [5, 5.41) is 8.65. The summed E-state index contributed by atoms with van der Waals surface area (Å²) < 4.78 is 29.8. The molecular weight excluding hydrogens is 512 g/mol. The fraction of sp³-hybridized carbons (Fsp3) is 0.192. The molecule has 0 spiro atoms. The van der Waals surface area contributed by atoms with Gasteiger partial charge in [-0.15, -0.1) is 16.4 Å². The normalized spacial score (nSPS) is 11.4. The van der Waals surface area contributed by atoms with E-state index in [-0.39, 0.29) is 0 Å². The van der Waals surface area contributed by atoms with Gasteiger partial charge in [0.05, 0.1) is 38.1 Å². The van der Waals surface area contributed by atoms with E-state index in [1.807, 2.05) is 29.8 Å². The largest absolute Gasteiger partial charge is 0.496 e. The standard InChI is InChI=1S/C26H22N4O5S2/c1-31-12-15-4-6-16(7-5-15)24-27-17(14-36-24)13-34-21-8-18(32-2)9-22-19(21)10-23(35-22)20-11-30-25(28-20)37-26(29-30)33-3/h4-11,14H,12-13H2,1-3H3. The van der Waals surface area contributed by atoms with E-state index in [4.69, 9.17) is 28.3 Å². The first-order chi connectivity index (χ1) is 18.1. The molecule has 0 unspecified atom stereocenters. The summed E-state index contributed by atoms with van der Waals surface area (Å²) in [4.78, 5) is 10.1. The van der Waals surface area contributed by atoms with E-state index in [1.165, 1.54) is 11.3 Å².